The Morgan fingerprint density at radius 1 is 0.938 bits per heavy atom. The fraction of sp³-hybridized carbons (Fsp3) is 0.231. The van der Waals surface area contributed by atoms with E-state index in [0.717, 1.165) is 48.9 Å². The second kappa shape index (κ2) is 10.0. The molecule has 32 heavy (non-hydrogen) atoms. The number of anilines is 2. The van der Waals surface area contributed by atoms with Gasteiger partial charge >= 0.3 is 0 Å². The van der Waals surface area contributed by atoms with Gasteiger partial charge in [0.2, 0.25) is 11.8 Å². The second-order valence-electron chi connectivity index (χ2n) is 7.66. The average Bonchev–Trinajstić information content (AvgIpc) is 3.33. The maximum atomic E-state index is 12.3. The lowest BCUT2D eigenvalue weighted by Gasteiger charge is -2.36. The highest BCUT2D eigenvalue weighted by Gasteiger charge is 2.20. The molecule has 164 valence electrons. The molecule has 1 aliphatic heterocycles. The topological polar surface area (TPSA) is 65.8 Å². The summed E-state index contributed by atoms with van der Waals surface area (Å²) in [5.41, 5.74) is 2.81. The second-order valence-corrected chi connectivity index (χ2v) is 7.66. The van der Waals surface area contributed by atoms with Crippen LogP contribution in [0.3, 0.4) is 0 Å². The number of carbonyl (C=O) groups excluding carboxylic acids is 2. The van der Waals surface area contributed by atoms with Crippen molar-refractivity contribution in [2.24, 2.45) is 0 Å². The van der Waals surface area contributed by atoms with Gasteiger partial charge < -0.3 is 19.5 Å². The molecule has 0 spiro atoms. The van der Waals surface area contributed by atoms with Gasteiger partial charge in [0, 0.05) is 55.6 Å². The Hall–Kier alpha value is -3.80. The summed E-state index contributed by atoms with van der Waals surface area (Å²) in [5, 5.41) is 2.87. The van der Waals surface area contributed by atoms with E-state index in [1.165, 1.54) is 6.08 Å². The summed E-state index contributed by atoms with van der Waals surface area (Å²) in [7, 11) is 0. The number of hydrogen-bond donors (Lipinski definition) is 1. The van der Waals surface area contributed by atoms with Gasteiger partial charge in [-0.2, -0.15) is 0 Å². The zero-order valence-corrected chi connectivity index (χ0v) is 18.2. The molecule has 6 heteroatoms. The highest BCUT2D eigenvalue weighted by Crippen LogP contribution is 2.23. The van der Waals surface area contributed by atoms with E-state index in [1.807, 2.05) is 78.6 Å². The van der Waals surface area contributed by atoms with E-state index in [1.54, 1.807) is 6.08 Å². The van der Waals surface area contributed by atoms with Gasteiger partial charge in [-0.25, -0.2) is 0 Å². The summed E-state index contributed by atoms with van der Waals surface area (Å²) in [4.78, 5) is 28.3. The quantitative estimate of drug-likeness (QED) is 0.579. The minimum absolute atomic E-state index is 0.210. The maximum absolute atomic E-state index is 12.3. The van der Waals surface area contributed by atoms with Crippen molar-refractivity contribution >= 4 is 29.3 Å². The first-order valence-corrected chi connectivity index (χ1v) is 10.9. The van der Waals surface area contributed by atoms with Gasteiger partial charge in [-0.15, -0.1) is 0 Å². The molecule has 0 radical (unpaired) electrons. The van der Waals surface area contributed by atoms with Crippen molar-refractivity contribution in [1.82, 2.24) is 4.90 Å². The minimum atomic E-state index is -0.220. The van der Waals surface area contributed by atoms with Crippen LogP contribution in [0.15, 0.2) is 77.2 Å². The van der Waals surface area contributed by atoms with Crippen molar-refractivity contribution in [2.75, 3.05) is 36.4 Å². The molecule has 1 aliphatic rings. The van der Waals surface area contributed by atoms with Gasteiger partial charge in [0.05, 0.1) is 0 Å². The minimum Gasteiger partial charge on any atom is -0.457 e. The van der Waals surface area contributed by atoms with Crippen LogP contribution in [0.4, 0.5) is 11.4 Å². The van der Waals surface area contributed by atoms with Crippen molar-refractivity contribution in [3.63, 3.8) is 0 Å². The number of nitrogens with one attached hydrogen (secondary N) is 1. The molecular formula is C26H27N3O3. The Bertz CT molecular complexity index is 1080. The van der Waals surface area contributed by atoms with Crippen molar-refractivity contribution in [3.05, 3.63) is 78.6 Å². The lowest BCUT2D eigenvalue weighted by Crippen LogP contribution is -2.48. The largest absolute Gasteiger partial charge is 0.457 e. The van der Waals surface area contributed by atoms with Crippen LogP contribution in [0.25, 0.3) is 17.4 Å². The first-order valence-electron chi connectivity index (χ1n) is 10.9. The molecule has 1 fully saturated rings. The molecule has 1 aromatic heterocycles. The SMILES string of the molecule is CCC(=O)N1CCN(c2ccc(NC(=O)/C=C/c3ccc(-c4ccccc4)o3)cc2)CC1. The van der Waals surface area contributed by atoms with Gasteiger partial charge in [0.1, 0.15) is 11.5 Å². The van der Waals surface area contributed by atoms with Crippen LogP contribution in [0.5, 0.6) is 0 Å². The third-order valence-electron chi connectivity index (χ3n) is 5.52. The van der Waals surface area contributed by atoms with Gasteiger partial charge in [-0.1, -0.05) is 37.3 Å². The fourth-order valence-electron chi connectivity index (χ4n) is 3.73. The zero-order valence-electron chi connectivity index (χ0n) is 18.2. The van der Waals surface area contributed by atoms with E-state index in [9.17, 15) is 9.59 Å². The molecule has 6 nitrogen and oxygen atoms in total. The Kier molecular flexibility index (Phi) is 6.70. The lowest BCUT2D eigenvalue weighted by atomic mass is 10.2. The Labute approximate surface area is 188 Å². The molecular weight excluding hydrogens is 402 g/mol. The number of piperazine rings is 1. The highest BCUT2D eigenvalue weighted by molar-refractivity contribution is 6.01. The van der Waals surface area contributed by atoms with Crippen LogP contribution < -0.4 is 10.2 Å². The standard InChI is InChI=1S/C26H27N3O3/c1-2-26(31)29-18-16-28(17-19-29)22-10-8-21(9-11-22)27-25(30)15-13-23-12-14-24(32-23)20-6-4-3-5-7-20/h3-15H,2,16-19H2,1H3,(H,27,30)/b15-13+. The maximum Gasteiger partial charge on any atom is 0.248 e. The van der Waals surface area contributed by atoms with E-state index >= 15 is 0 Å². The number of benzene rings is 2. The van der Waals surface area contributed by atoms with E-state index in [0.29, 0.717) is 12.2 Å². The zero-order chi connectivity index (χ0) is 22.3. The Morgan fingerprint density at radius 3 is 2.34 bits per heavy atom. The molecule has 2 aromatic carbocycles. The molecule has 2 amide bonds. The van der Waals surface area contributed by atoms with Crippen molar-refractivity contribution in [3.8, 4) is 11.3 Å². The lowest BCUT2D eigenvalue weighted by molar-refractivity contribution is -0.131. The molecule has 0 unspecified atom stereocenters. The molecule has 1 N–H and O–H groups in total. The van der Waals surface area contributed by atoms with Crippen molar-refractivity contribution in [2.45, 2.75) is 13.3 Å². The molecule has 3 aromatic rings. The van der Waals surface area contributed by atoms with Gasteiger partial charge in [-0.3, -0.25) is 9.59 Å². The van der Waals surface area contributed by atoms with E-state index < -0.39 is 0 Å². The van der Waals surface area contributed by atoms with E-state index in [2.05, 4.69) is 10.2 Å². The summed E-state index contributed by atoms with van der Waals surface area (Å²) in [6, 6.07) is 21.3. The number of carbonyl (C=O) groups is 2. The number of nitrogens with zero attached hydrogens (tertiary/aromatic N) is 2. The molecule has 0 aliphatic carbocycles. The Balaban J connectivity index is 1.30. The van der Waals surface area contributed by atoms with Crippen LogP contribution >= 0.6 is 0 Å². The van der Waals surface area contributed by atoms with Gasteiger partial charge in [-0.05, 0) is 42.5 Å². The van der Waals surface area contributed by atoms with Gasteiger partial charge in [0.15, 0.2) is 0 Å². The summed E-state index contributed by atoms with van der Waals surface area (Å²) < 4.78 is 5.79. The summed E-state index contributed by atoms with van der Waals surface area (Å²) in [6.07, 6.45) is 3.68. The van der Waals surface area contributed by atoms with Crippen molar-refractivity contribution in [1.29, 1.82) is 0 Å². The molecule has 0 bridgehead atoms. The molecule has 0 atom stereocenters. The van der Waals surface area contributed by atoms with Crippen LogP contribution in [0, 0.1) is 0 Å². The van der Waals surface area contributed by atoms with Crippen LogP contribution in [-0.2, 0) is 9.59 Å². The summed E-state index contributed by atoms with van der Waals surface area (Å²) in [5.74, 6) is 1.37. The number of amides is 2. The van der Waals surface area contributed by atoms with E-state index in [-0.39, 0.29) is 11.8 Å². The van der Waals surface area contributed by atoms with E-state index in [4.69, 9.17) is 4.42 Å². The van der Waals surface area contributed by atoms with Crippen LogP contribution in [-0.4, -0.2) is 42.9 Å². The number of hydrogen-bond acceptors (Lipinski definition) is 4. The third-order valence-corrected chi connectivity index (χ3v) is 5.52. The summed E-state index contributed by atoms with van der Waals surface area (Å²) in [6.45, 7) is 5.01. The predicted molar refractivity (Wildman–Crippen MR) is 127 cm³/mol. The molecule has 2 heterocycles. The third kappa shape index (κ3) is 5.27. The first-order chi connectivity index (χ1) is 15.6. The first kappa shape index (κ1) is 21.4. The number of rotatable bonds is 6. The monoisotopic (exact) mass is 429 g/mol. The molecule has 0 saturated carbocycles. The summed E-state index contributed by atoms with van der Waals surface area (Å²) >= 11 is 0. The molecule has 4 rings (SSSR count). The molecule has 1 saturated heterocycles. The normalized spacial score (nSPS) is 14.0. The highest BCUT2D eigenvalue weighted by atomic mass is 16.3. The number of furan rings is 1. The van der Waals surface area contributed by atoms with Crippen molar-refractivity contribution < 1.29 is 14.0 Å². The average molecular weight is 430 g/mol. The smallest absolute Gasteiger partial charge is 0.248 e. The fourth-order valence-corrected chi connectivity index (χ4v) is 3.73. The predicted octanol–water partition coefficient (Wildman–Crippen LogP) is 4.66. The van der Waals surface area contributed by atoms with Crippen LogP contribution in [0.1, 0.15) is 19.1 Å². The van der Waals surface area contributed by atoms with Gasteiger partial charge in [0.25, 0.3) is 0 Å². The Morgan fingerprint density at radius 2 is 1.66 bits per heavy atom. The van der Waals surface area contributed by atoms with Crippen LogP contribution in [0.2, 0.25) is 0 Å².